The molecule has 2 aromatic carbocycles. The average molecular weight is 421 g/mol. The van der Waals surface area contributed by atoms with Crippen molar-refractivity contribution in [1.82, 2.24) is 4.90 Å². The zero-order chi connectivity index (χ0) is 20.8. The van der Waals surface area contributed by atoms with Gasteiger partial charge in [-0.2, -0.15) is 11.3 Å². The third kappa shape index (κ3) is 5.34. The topological polar surface area (TPSA) is 58.6 Å². The van der Waals surface area contributed by atoms with E-state index in [1.165, 1.54) is 16.9 Å². The van der Waals surface area contributed by atoms with Crippen LogP contribution in [-0.2, 0) is 11.3 Å². The number of carbonyl (C=O) groups excluding carboxylic acids is 2. The fraction of sp³-hybridized carbons (Fsp3) is 0.250. The van der Waals surface area contributed by atoms with E-state index in [9.17, 15) is 9.59 Å². The highest BCUT2D eigenvalue weighted by atomic mass is 32.1. The highest BCUT2D eigenvalue weighted by Crippen LogP contribution is 2.23. The Balaban J connectivity index is 1.30. The first kappa shape index (κ1) is 20.3. The Morgan fingerprint density at radius 1 is 1.07 bits per heavy atom. The van der Waals surface area contributed by atoms with Gasteiger partial charge in [0, 0.05) is 24.2 Å². The second-order valence-electron chi connectivity index (χ2n) is 7.47. The molecule has 1 N–H and O–H groups in total. The molecule has 0 spiro atoms. The lowest BCUT2D eigenvalue weighted by molar-refractivity contribution is -0.140. The molecule has 0 saturated carbocycles. The van der Waals surface area contributed by atoms with Gasteiger partial charge >= 0.3 is 5.97 Å². The molecule has 1 saturated heterocycles. The first-order valence-electron chi connectivity index (χ1n) is 10.1. The fourth-order valence-electron chi connectivity index (χ4n) is 3.64. The maximum absolute atomic E-state index is 12.7. The van der Waals surface area contributed by atoms with E-state index in [-0.39, 0.29) is 17.8 Å². The van der Waals surface area contributed by atoms with E-state index in [1.54, 1.807) is 35.7 Å². The van der Waals surface area contributed by atoms with Crippen molar-refractivity contribution in [2.45, 2.75) is 19.4 Å². The number of ether oxygens (including phenoxy) is 1. The van der Waals surface area contributed by atoms with E-state index in [0.717, 1.165) is 25.9 Å². The Labute approximate surface area is 180 Å². The van der Waals surface area contributed by atoms with E-state index in [0.29, 0.717) is 23.5 Å². The molecule has 1 amide bonds. The van der Waals surface area contributed by atoms with Crippen LogP contribution in [0.25, 0.3) is 0 Å². The largest absolute Gasteiger partial charge is 0.426 e. The first-order valence-corrected chi connectivity index (χ1v) is 11.0. The zero-order valence-electron chi connectivity index (χ0n) is 16.6. The molecule has 6 heteroatoms. The van der Waals surface area contributed by atoms with Gasteiger partial charge in [0.2, 0.25) is 0 Å². The minimum Gasteiger partial charge on any atom is -0.426 e. The van der Waals surface area contributed by atoms with Gasteiger partial charge in [-0.1, -0.05) is 30.3 Å². The molecule has 4 rings (SSSR count). The average Bonchev–Trinajstić information content (AvgIpc) is 3.31. The molecule has 3 aromatic rings. The van der Waals surface area contributed by atoms with Crippen molar-refractivity contribution in [3.63, 3.8) is 0 Å². The number of thiophene rings is 1. The Morgan fingerprint density at radius 3 is 2.60 bits per heavy atom. The number of hydrogen-bond donors (Lipinski definition) is 1. The van der Waals surface area contributed by atoms with Crippen LogP contribution < -0.4 is 10.1 Å². The van der Waals surface area contributed by atoms with Crippen molar-refractivity contribution in [1.29, 1.82) is 0 Å². The molecule has 154 valence electrons. The molecule has 1 aliphatic heterocycles. The lowest BCUT2D eigenvalue weighted by Gasteiger charge is -2.31. The summed E-state index contributed by atoms with van der Waals surface area (Å²) in [5.41, 5.74) is 2.55. The molecule has 1 unspecified atom stereocenters. The molecule has 1 fully saturated rings. The van der Waals surface area contributed by atoms with Crippen LogP contribution in [0.3, 0.4) is 0 Å². The normalized spacial score (nSPS) is 16.7. The number of piperidine rings is 1. The van der Waals surface area contributed by atoms with Crippen molar-refractivity contribution in [2.75, 3.05) is 18.4 Å². The van der Waals surface area contributed by atoms with Crippen LogP contribution in [-0.4, -0.2) is 29.9 Å². The first-order chi connectivity index (χ1) is 14.7. The summed E-state index contributed by atoms with van der Waals surface area (Å²) in [7, 11) is 0. The van der Waals surface area contributed by atoms with Gasteiger partial charge in [0.25, 0.3) is 5.91 Å². The molecular formula is C24H24N2O3S. The lowest BCUT2D eigenvalue weighted by Crippen LogP contribution is -2.39. The zero-order valence-corrected chi connectivity index (χ0v) is 17.4. The molecule has 1 aliphatic rings. The van der Waals surface area contributed by atoms with Crippen molar-refractivity contribution in [3.8, 4) is 5.75 Å². The second-order valence-corrected chi connectivity index (χ2v) is 8.25. The summed E-state index contributed by atoms with van der Waals surface area (Å²) in [6.45, 7) is 2.56. The number of anilines is 1. The number of nitrogens with one attached hydrogen (secondary N) is 1. The van der Waals surface area contributed by atoms with Crippen LogP contribution in [0.1, 0.15) is 28.8 Å². The second kappa shape index (κ2) is 9.69. The van der Waals surface area contributed by atoms with Gasteiger partial charge in [-0.15, -0.1) is 0 Å². The van der Waals surface area contributed by atoms with E-state index < -0.39 is 0 Å². The highest BCUT2D eigenvalue weighted by Gasteiger charge is 2.27. The molecule has 30 heavy (non-hydrogen) atoms. The van der Waals surface area contributed by atoms with Crippen LogP contribution >= 0.6 is 11.3 Å². The summed E-state index contributed by atoms with van der Waals surface area (Å²) >= 11 is 1.48. The van der Waals surface area contributed by atoms with Gasteiger partial charge in [-0.05, 0) is 60.7 Å². The van der Waals surface area contributed by atoms with E-state index in [4.69, 9.17) is 4.74 Å². The van der Waals surface area contributed by atoms with Gasteiger partial charge in [0.1, 0.15) is 5.75 Å². The van der Waals surface area contributed by atoms with Crippen LogP contribution in [0.5, 0.6) is 5.75 Å². The van der Waals surface area contributed by atoms with Crippen molar-refractivity contribution in [2.24, 2.45) is 5.92 Å². The number of esters is 1. The van der Waals surface area contributed by atoms with Crippen molar-refractivity contribution in [3.05, 3.63) is 82.6 Å². The molecule has 1 atom stereocenters. The highest BCUT2D eigenvalue weighted by molar-refractivity contribution is 7.08. The Hall–Kier alpha value is -2.96. The van der Waals surface area contributed by atoms with Crippen molar-refractivity contribution < 1.29 is 14.3 Å². The third-order valence-corrected chi connectivity index (χ3v) is 5.89. The number of rotatable bonds is 6. The number of carbonyl (C=O) groups is 2. The number of benzene rings is 2. The minimum absolute atomic E-state index is 0.125. The van der Waals surface area contributed by atoms with Gasteiger partial charge in [-0.25, -0.2) is 0 Å². The summed E-state index contributed by atoms with van der Waals surface area (Å²) in [6, 6.07) is 19.0. The summed E-state index contributed by atoms with van der Waals surface area (Å²) in [6.07, 6.45) is 1.83. The summed E-state index contributed by atoms with van der Waals surface area (Å²) < 4.78 is 5.61. The molecule has 5 nitrogen and oxygen atoms in total. The maximum atomic E-state index is 12.7. The van der Waals surface area contributed by atoms with E-state index in [1.807, 2.05) is 23.6 Å². The molecule has 0 aliphatic carbocycles. The predicted molar refractivity (Wildman–Crippen MR) is 119 cm³/mol. The Kier molecular flexibility index (Phi) is 6.57. The number of amides is 1. The van der Waals surface area contributed by atoms with Crippen LogP contribution in [0.15, 0.2) is 71.4 Å². The minimum atomic E-state index is -0.192. The predicted octanol–water partition coefficient (Wildman–Crippen LogP) is 4.82. The number of nitrogens with zero attached hydrogens (tertiary/aromatic N) is 1. The Morgan fingerprint density at radius 2 is 1.87 bits per heavy atom. The molecule has 2 heterocycles. The molecular weight excluding hydrogens is 396 g/mol. The van der Waals surface area contributed by atoms with Crippen LogP contribution in [0.4, 0.5) is 5.69 Å². The van der Waals surface area contributed by atoms with Crippen LogP contribution in [0.2, 0.25) is 0 Å². The summed E-state index contributed by atoms with van der Waals surface area (Å²) in [5, 5.41) is 6.50. The Bertz CT molecular complexity index is 971. The quantitative estimate of drug-likeness (QED) is 0.459. The molecule has 1 aromatic heterocycles. The van der Waals surface area contributed by atoms with Crippen LogP contribution in [0, 0.1) is 5.92 Å². The summed E-state index contributed by atoms with van der Waals surface area (Å²) in [4.78, 5) is 27.1. The monoisotopic (exact) mass is 420 g/mol. The summed E-state index contributed by atoms with van der Waals surface area (Å²) in [5.74, 6) is 0.0266. The maximum Gasteiger partial charge on any atom is 0.315 e. The van der Waals surface area contributed by atoms with Gasteiger partial charge in [0.15, 0.2) is 0 Å². The standard InChI is InChI=1S/C24H24N2O3S/c27-23(20-12-14-30-17-20)25-21-8-10-22(11-9-21)29-24(28)19-7-4-13-26(16-19)15-18-5-2-1-3-6-18/h1-3,5-6,8-12,14,17,19H,4,7,13,15-16H2,(H,25,27). The third-order valence-electron chi connectivity index (χ3n) is 5.20. The molecule has 0 bridgehead atoms. The van der Waals surface area contributed by atoms with E-state index >= 15 is 0 Å². The van der Waals surface area contributed by atoms with Gasteiger partial charge in [-0.3, -0.25) is 14.5 Å². The van der Waals surface area contributed by atoms with Crippen molar-refractivity contribution >= 4 is 28.9 Å². The number of hydrogen-bond acceptors (Lipinski definition) is 5. The van der Waals surface area contributed by atoms with Gasteiger partial charge in [0.05, 0.1) is 11.5 Å². The number of likely N-dealkylation sites (tertiary alicyclic amines) is 1. The smallest absolute Gasteiger partial charge is 0.315 e. The molecule has 0 radical (unpaired) electrons. The SMILES string of the molecule is O=C(Nc1ccc(OC(=O)C2CCCN(Cc3ccccc3)C2)cc1)c1ccsc1. The van der Waals surface area contributed by atoms with Gasteiger partial charge < -0.3 is 10.1 Å². The fourth-order valence-corrected chi connectivity index (χ4v) is 4.27. The lowest BCUT2D eigenvalue weighted by atomic mass is 9.97. The van der Waals surface area contributed by atoms with E-state index in [2.05, 4.69) is 22.3 Å².